The maximum Gasteiger partial charge on any atom is 0.267 e. The Kier molecular flexibility index (Phi) is 7.65. The quantitative estimate of drug-likeness (QED) is 0.295. The summed E-state index contributed by atoms with van der Waals surface area (Å²) in [6.07, 6.45) is 2.46. The van der Waals surface area contributed by atoms with Gasteiger partial charge in [0.15, 0.2) is 5.82 Å². The molecule has 0 spiro atoms. The summed E-state index contributed by atoms with van der Waals surface area (Å²) < 4.78 is 16.4. The molecular formula is C25H25N3O4. The number of hydrogen-bond acceptors (Lipinski definition) is 6. The third kappa shape index (κ3) is 6.47. The maximum absolute atomic E-state index is 12.3. The molecule has 0 aliphatic carbocycles. The van der Waals surface area contributed by atoms with E-state index < -0.39 is 5.91 Å². The maximum atomic E-state index is 12.3. The van der Waals surface area contributed by atoms with Crippen molar-refractivity contribution in [3.63, 3.8) is 0 Å². The molecule has 7 heteroatoms. The van der Waals surface area contributed by atoms with Crippen LogP contribution in [0.25, 0.3) is 6.08 Å². The van der Waals surface area contributed by atoms with E-state index in [2.05, 4.69) is 30.4 Å². The van der Waals surface area contributed by atoms with Gasteiger partial charge in [0.05, 0.1) is 0 Å². The first kappa shape index (κ1) is 22.6. The van der Waals surface area contributed by atoms with Crippen molar-refractivity contribution in [2.24, 2.45) is 0 Å². The van der Waals surface area contributed by atoms with Crippen molar-refractivity contribution in [2.75, 3.05) is 18.5 Å². The van der Waals surface area contributed by atoms with Crippen molar-refractivity contribution in [3.8, 4) is 17.6 Å². The zero-order valence-corrected chi connectivity index (χ0v) is 18.3. The zero-order valence-electron chi connectivity index (χ0n) is 18.3. The van der Waals surface area contributed by atoms with Gasteiger partial charge in [0.25, 0.3) is 5.91 Å². The van der Waals surface area contributed by atoms with Crippen LogP contribution < -0.4 is 14.8 Å². The molecule has 0 bridgehead atoms. The molecule has 0 fully saturated rings. The summed E-state index contributed by atoms with van der Waals surface area (Å²) in [5.74, 6) is 1.78. The molecule has 1 heterocycles. The number of nitriles is 1. The molecule has 1 aromatic heterocycles. The number of anilines is 1. The molecule has 0 aliphatic heterocycles. The first-order chi connectivity index (χ1) is 15.5. The number of aryl methyl sites for hydroxylation is 3. The molecule has 7 nitrogen and oxygen atoms in total. The molecule has 1 N–H and O–H groups in total. The fraction of sp³-hybridized carbons (Fsp3) is 0.240. The van der Waals surface area contributed by atoms with Gasteiger partial charge in [-0.15, -0.1) is 0 Å². The van der Waals surface area contributed by atoms with Gasteiger partial charge >= 0.3 is 0 Å². The topological polar surface area (TPSA) is 97.4 Å². The number of benzene rings is 2. The number of nitrogens with one attached hydrogen (secondary N) is 1. The Morgan fingerprint density at radius 2 is 1.81 bits per heavy atom. The van der Waals surface area contributed by atoms with Gasteiger partial charge in [-0.3, -0.25) is 4.79 Å². The Balaban J connectivity index is 1.52. The summed E-state index contributed by atoms with van der Waals surface area (Å²) in [4.78, 5) is 12.3. The molecule has 0 saturated carbocycles. The second kappa shape index (κ2) is 10.8. The van der Waals surface area contributed by atoms with E-state index in [1.807, 2.05) is 18.2 Å². The largest absolute Gasteiger partial charge is 0.490 e. The molecule has 2 aromatic carbocycles. The van der Waals surface area contributed by atoms with Crippen molar-refractivity contribution in [1.29, 1.82) is 5.26 Å². The molecule has 32 heavy (non-hydrogen) atoms. The number of amides is 1. The third-order valence-electron chi connectivity index (χ3n) is 4.57. The Bertz CT molecular complexity index is 1140. The van der Waals surface area contributed by atoms with Crippen LogP contribution in [0.15, 0.2) is 58.6 Å². The van der Waals surface area contributed by atoms with E-state index in [0.717, 1.165) is 12.2 Å². The molecule has 164 valence electrons. The molecule has 0 aliphatic rings. The second-order valence-electron chi connectivity index (χ2n) is 7.22. The number of carbonyl (C=O) groups is 1. The van der Waals surface area contributed by atoms with Gasteiger partial charge in [-0.1, -0.05) is 30.3 Å². The molecule has 0 unspecified atom stereocenters. The average molecular weight is 431 g/mol. The van der Waals surface area contributed by atoms with Gasteiger partial charge in [-0.2, -0.15) is 5.26 Å². The highest BCUT2D eigenvalue weighted by molar-refractivity contribution is 6.09. The van der Waals surface area contributed by atoms with Crippen LogP contribution in [-0.2, 0) is 11.2 Å². The van der Waals surface area contributed by atoms with E-state index in [4.69, 9.17) is 14.0 Å². The summed E-state index contributed by atoms with van der Waals surface area (Å²) in [6.45, 7) is 6.70. The Morgan fingerprint density at radius 3 is 2.44 bits per heavy atom. The number of aromatic nitrogens is 1. The van der Waals surface area contributed by atoms with Crippen LogP contribution in [0.4, 0.5) is 5.82 Å². The predicted octanol–water partition coefficient (Wildman–Crippen LogP) is 4.86. The van der Waals surface area contributed by atoms with Crippen molar-refractivity contribution in [1.82, 2.24) is 5.16 Å². The van der Waals surface area contributed by atoms with Gasteiger partial charge < -0.3 is 19.3 Å². The molecule has 0 radical (unpaired) electrons. The third-order valence-corrected chi connectivity index (χ3v) is 4.57. The van der Waals surface area contributed by atoms with Gasteiger partial charge in [0, 0.05) is 6.07 Å². The lowest BCUT2D eigenvalue weighted by molar-refractivity contribution is -0.112. The summed E-state index contributed by atoms with van der Waals surface area (Å²) in [6, 6.07) is 16.8. The van der Waals surface area contributed by atoms with E-state index in [9.17, 15) is 10.1 Å². The molecule has 3 rings (SSSR count). The van der Waals surface area contributed by atoms with E-state index in [0.29, 0.717) is 30.3 Å². The standard InChI is InChI=1S/C25H25N3O4/c1-4-19-11-17(2)12-23(15-19)31-10-9-30-22-7-5-20(6-8-22)14-21(16-26)25(29)27-24-13-18(3)32-28-24/h5-8,11-15H,4,9-10H2,1-3H3,(H,27,28,29)/b21-14-. The molecule has 0 saturated heterocycles. The lowest BCUT2D eigenvalue weighted by atomic mass is 10.1. The van der Waals surface area contributed by atoms with Crippen LogP contribution in [0.2, 0.25) is 0 Å². The summed E-state index contributed by atoms with van der Waals surface area (Å²) in [7, 11) is 0. The monoisotopic (exact) mass is 431 g/mol. The Hall–Kier alpha value is -4.05. The number of hydrogen-bond donors (Lipinski definition) is 1. The second-order valence-corrected chi connectivity index (χ2v) is 7.22. The normalized spacial score (nSPS) is 11.0. The molecule has 1 amide bonds. The number of ether oxygens (including phenoxy) is 2. The SMILES string of the molecule is CCc1cc(C)cc(OCCOc2ccc(/C=C(/C#N)C(=O)Nc3cc(C)on3)cc2)c1. The molecule has 0 atom stereocenters. The van der Waals surface area contributed by atoms with Crippen molar-refractivity contribution in [3.05, 3.63) is 76.6 Å². The van der Waals surface area contributed by atoms with Gasteiger partial charge in [0.2, 0.25) is 0 Å². The van der Waals surface area contributed by atoms with Crippen LogP contribution in [-0.4, -0.2) is 24.3 Å². The van der Waals surface area contributed by atoms with E-state index in [1.54, 1.807) is 37.3 Å². The summed E-state index contributed by atoms with van der Waals surface area (Å²) in [5, 5.41) is 15.5. The summed E-state index contributed by atoms with van der Waals surface area (Å²) >= 11 is 0. The highest BCUT2D eigenvalue weighted by Crippen LogP contribution is 2.18. The van der Waals surface area contributed by atoms with E-state index >= 15 is 0 Å². The smallest absolute Gasteiger partial charge is 0.267 e. The highest BCUT2D eigenvalue weighted by Gasteiger charge is 2.12. The lowest BCUT2D eigenvalue weighted by Gasteiger charge is -2.10. The lowest BCUT2D eigenvalue weighted by Crippen LogP contribution is -2.13. The van der Waals surface area contributed by atoms with Crippen LogP contribution in [0, 0.1) is 25.2 Å². The number of nitrogens with zero attached hydrogens (tertiary/aromatic N) is 2. The highest BCUT2D eigenvalue weighted by atomic mass is 16.5. The minimum atomic E-state index is -0.555. The van der Waals surface area contributed by atoms with Gasteiger partial charge in [-0.25, -0.2) is 0 Å². The van der Waals surface area contributed by atoms with Crippen LogP contribution in [0.5, 0.6) is 11.5 Å². The zero-order chi connectivity index (χ0) is 22.9. The van der Waals surface area contributed by atoms with Crippen LogP contribution >= 0.6 is 0 Å². The number of carbonyl (C=O) groups excluding carboxylic acids is 1. The fourth-order valence-electron chi connectivity index (χ4n) is 3.02. The Morgan fingerprint density at radius 1 is 1.09 bits per heavy atom. The van der Waals surface area contributed by atoms with Gasteiger partial charge in [-0.05, 0) is 67.3 Å². The van der Waals surface area contributed by atoms with E-state index in [1.165, 1.54) is 17.2 Å². The van der Waals surface area contributed by atoms with Crippen LogP contribution in [0.3, 0.4) is 0 Å². The van der Waals surface area contributed by atoms with Crippen molar-refractivity contribution < 1.29 is 18.8 Å². The minimum Gasteiger partial charge on any atom is -0.490 e. The van der Waals surface area contributed by atoms with E-state index in [-0.39, 0.29) is 11.4 Å². The average Bonchev–Trinajstić information content (AvgIpc) is 3.19. The predicted molar refractivity (Wildman–Crippen MR) is 121 cm³/mol. The summed E-state index contributed by atoms with van der Waals surface area (Å²) in [5.41, 5.74) is 3.07. The first-order valence-electron chi connectivity index (χ1n) is 10.3. The molecular weight excluding hydrogens is 406 g/mol. The first-order valence-corrected chi connectivity index (χ1v) is 10.3. The number of rotatable bonds is 9. The van der Waals surface area contributed by atoms with Crippen molar-refractivity contribution in [2.45, 2.75) is 27.2 Å². The fourth-order valence-corrected chi connectivity index (χ4v) is 3.02. The van der Waals surface area contributed by atoms with Crippen molar-refractivity contribution >= 4 is 17.8 Å². The molecule has 3 aromatic rings. The minimum absolute atomic E-state index is 0.0441. The Labute approximate surface area is 187 Å². The van der Waals surface area contributed by atoms with Gasteiger partial charge in [0.1, 0.15) is 42.1 Å². The van der Waals surface area contributed by atoms with Crippen LogP contribution in [0.1, 0.15) is 29.4 Å².